The van der Waals surface area contributed by atoms with E-state index in [2.05, 4.69) is 23.2 Å². The number of carboxylic acid groups (broad SMARTS) is 2. The molecule has 4 fully saturated rings. The Bertz CT molecular complexity index is 2160. The lowest BCUT2D eigenvalue weighted by atomic mass is 9.94. The summed E-state index contributed by atoms with van der Waals surface area (Å²) in [6, 6.07) is -3.83. The van der Waals surface area contributed by atoms with Crippen LogP contribution in [0.5, 0.6) is 0 Å². The van der Waals surface area contributed by atoms with Crippen LogP contribution in [0.3, 0.4) is 0 Å². The van der Waals surface area contributed by atoms with Gasteiger partial charge in [0.05, 0.1) is 13.2 Å². The molecular weight excluding hydrogens is 1050 g/mol. The van der Waals surface area contributed by atoms with Crippen LogP contribution in [-0.2, 0) is 101 Å². The molecule has 0 radical (unpaired) electrons. The maximum absolute atomic E-state index is 12.9. The third kappa shape index (κ3) is 17.0. The molecule has 4 aliphatic heterocycles. The van der Waals surface area contributed by atoms with Crippen molar-refractivity contribution in [3.05, 3.63) is 0 Å². The molecule has 2 amide bonds. The minimum Gasteiger partial charge on any atom is -0.479 e. The molecule has 0 saturated carbocycles. The quantitative estimate of drug-likeness (QED) is 0.0315. The van der Waals surface area contributed by atoms with E-state index in [-0.39, 0.29) is 6.61 Å². The Balaban J connectivity index is 1.74. The fourth-order valence-corrected chi connectivity index (χ4v) is 8.66. The number of ether oxygens (including phenoxy) is 8. The summed E-state index contributed by atoms with van der Waals surface area (Å²) in [6.45, 7) is -0.732. The summed E-state index contributed by atoms with van der Waals surface area (Å²) in [5.74, 6) is -5.97. The summed E-state index contributed by atoms with van der Waals surface area (Å²) < 4.78 is 157. The van der Waals surface area contributed by atoms with Crippen molar-refractivity contribution in [2.75, 3.05) is 26.4 Å². The van der Waals surface area contributed by atoms with Crippen LogP contribution >= 0.6 is 0 Å². The second-order valence-electron chi connectivity index (χ2n) is 15.9. The molecule has 412 valence electrons. The molecule has 0 aromatic rings. The SMILES string of the molecule is CC(=O)N[C@H]1[C@@H](O[C@H]2[C@H](O)[C@@H](OS(=O)(=O)O)[C@H](O[C@H]3[C@H](O)[C@@H](NC(C)=O)[C@@H](OCCCCCN)O[C@@H]3COS(=O)(=O)O)O[C@H]2C(=O)O)O[C@H](COS(=O)(=O)O)[C@@H](O[C@@H]2O[C@H](C(=O)O)[C@@H](O)[C@H](O)[C@H]2O)[C@@H]1O. The number of unbranched alkanes of at least 4 members (excludes halogenated alkanes) is 2. The molecule has 0 aliphatic carbocycles. The van der Waals surface area contributed by atoms with Gasteiger partial charge in [-0.1, -0.05) is 0 Å². The van der Waals surface area contributed by atoms with Crippen LogP contribution in [0.1, 0.15) is 33.1 Å². The van der Waals surface area contributed by atoms with Gasteiger partial charge in [0.1, 0.15) is 79.2 Å². The molecule has 38 heteroatoms. The highest BCUT2D eigenvalue weighted by Gasteiger charge is 2.59. The number of aliphatic hydroxyl groups is 6. The molecule has 71 heavy (non-hydrogen) atoms. The van der Waals surface area contributed by atoms with Crippen LogP contribution in [0, 0.1) is 0 Å². The summed E-state index contributed by atoms with van der Waals surface area (Å²) in [5.41, 5.74) is 5.50. The van der Waals surface area contributed by atoms with E-state index >= 15 is 0 Å². The number of amides is 2. The van der Waals surface area contributed by atoms with Crippen molar-refractivity contribution in [2.24, 2.45) is 5.73 Å². The third-order valence-corrected chi connectivity index (χ3v) is 12.0. The van der Waals surface area contributed by atoms with Crippen LogP contribution in [0.15, 0.2) is 0 Å². The van der Waals surface area contributed by atoms with Gasteiger partial charge in [-0.3, -0.25) is 23.2 Å². The number of carboxylic acids is 2. The zero-order valence-corrected chi connectivity index (χ0v) is 39.2. The molecule has 0 unspecified atom stereocenters. The van der Waals surface area contributed by atoms with Gasteiger partial charge in [-0.05, 0) is 25.8 Å². The Morgan fingerprint density at radius 2 is 0.986 bits per heavy atom. The number of hydrogen-bond acceptors (Lipinski definition) is 28. The Labute approximate surface area is 402 Å². The Morgan fingerprint density at radius 1 is 0.521 bits per heavy atom. The van der Waals surface area contributed by atoms with Gasteiger partial charge in [0.25, 0.3) is 0 Å². The molecule has 15 N–H and O–H groups in total. The lowest BCUT2D eigenvalue weighted by molar-refractivity contribution is -0.369. The van der Waals surface area contributed by atoms with Gasteiger partial charge >= 0.3 is 43.1 Å². The molecule has 4 heterocycles. The maximum atomic E-state index is 12.9. The number of aliphatic hydroxyl groups excluding tert-OH is 6. The highest BCUT2D eigenvalue weighted by atomic mass is 32.3. The highest BCUT2D eigenvalue weighted by molar-refractivity contribution is 7.81. The van der Waals surface area contributed by atoms with Crippen molar-refractivity contribution in [3.63, 3.8) is 0 Å². The Kier molecular flexibility index (Phi) is 21.6. The van der Waals surface area contributed by atoms with Gasteiger partial charge in [0, 0.05) is 20.5 Å². The van der Waals surface area contributed by atoms with Gasteiger partial charge in [0.2, 0.25) is 11.8 Å². The molecule has 4 aliphatic rings. The van der Waals surface area contributed by atoms with Crippen LogP contribution < -0.4 is 16.4 Å². The van der Waals surface area contributed by atoms with E-state index in [0.29, 0.717) is 25.8 Å². The van der Waals surface area contributed by atoms with Gasteiger partial charge in [0.15, 0.2) is 43.5 Å². The fourth-order valence-electron chi connectivity index (χ4n) is 7.57. The van der Waals surface area contributed by atoms with Crippen molar-refractivity contribution < 1.29 is 149 Å². The Morgan fingerprint density at radius 3 is 1.45 bits per heavy atom. The second-order valence-corrected chi connectivity index (χ2v) is 19.2. The second kappa shape index (κ2) is 25.4. The summed E-state index contributed by atoms with van der Waals surface area (Å²) in [7, 11) is -16.6. The minimum absolute atomic E-state index is 0.123. The van der Waals surface area contributed by atoms with E-state index in [0.717, 1.165) is 13.8 Å². The summed E-state index contributed by atoms with van der Waals surface area (Å²) in [5, 5.41) is 90.2. The fraction of sp³-hybridized carbons (Fsp3) is 0.879. The average molecular weight is 1100 g/mol. The van der Waals surface area contributed by atoms with Gasteiger partial charge in [-0.15, -0.1) is 0 Å². The first-order chi connectivity index (χ1) is 32.8. The van der Waals surface area contributed by atoms with Crippen LogP contribution in [0.25, 0.3) is 0 Å². The molecule has 0 aromatic heterocycles. The largest absolute Gasteiger partial charge is 0.479 e. The molecule has 0 spiro atoms. The van der Waals surface area contributed by atoms with E-state index < -0.39 is 191 Å². The average Bonchev–Trinajstić information content (AvgIpc) is 3.24. The first-order valence-corrected chi connectivity index (χ1v) is 24.8. The Hall–Kier alpha value is -3.11. The smallest absolute Gasteiger partial charge is 0.397 e. The van der Waals surface area contributed by atoms with Gasteiger partial charge in [-0.25, -0.2) is 22.1 Å². The lowest BCUT2D eigenvalue weighted by Crippen LogP contribution is -2.70. The van der Waals surface area contributed by atoms with Crippen molar-refractivity contribution in [3.8, 4) is 0 Å². The predicted molar refractivity (Wildman–Crippen MR) is 216 cm³/mol. The summed E-state index contributed by atoms with van der Waals surface area (Å²) in [6.07, 6.45) is -41.2. The zero-order valence-electron chi connectivity index (χ0n) is 36.8. The van der Waals surface area contributed by atoms with Gasteiger partial charge in [-0.2, -0.15) is 25.3 Å². The number of nitrogens with two attached hydrogens (primary N) is 1. The van der Waals surface area contributed by atoms with E-state index in [1.54, 1.807) is 0 Å². The normalized spacial score (nSPS) is 38.3. The molecule has 0 bridgehead atoms. The van der Waals surface area contributed by atoms with E-state index in [1.807, 2.05) is 0 Å². The van der Waals surface area contributed by atoms with Crippen LogP contribution in [-0.4, -0.2) is 253 Å². The third-order valence-electron chi connectivity index (χ3n) is 10.7. The lowest BCUT2D eigenvalue weighted by Gasteiger charge is -2.50. The summed E-state index contributed by atoms with van der Waals surface area (Å²) in [4.78, 5) is 49.4. The zero-order chi connectivity index (χ0) is 53.5. The molecule has 35 nitrogen and oxygen atoms in total. The summed E-state index contributed by atoms with van der Waals surface area (Å²) >= 11 is 0. The number of nitrogens with one attached hydrogen (secondary N) is 2. The number of rotatable bonds is 24. The molecule has 4 rings (SSSR count). The first-order valence-electron chi connectivity index (χ1n) is 20.7. The highest BCUT2D eigenvalue weighted by Crippen LogP contribution is 2.36. The van der Waals surface area contributed by atoms with Crippen molar-refractivity contribution >= 4 is 54.9 Å². The standard InChI is InChI=1S/C33H55N3O32S3/c1-10(37)35-14-16(39)23(12(8-59-69(49,50)51)61-30(14)58-7-5-3-4-6-34)64-33-26(68-71(55,56)57)21(44)24(27(67-33)29(47)48)65-31-15(36-11(2)38)17(40)22(13(62-31)9-60-70(52,53)54)63-32-20(43)18(41)19(42)25(66-32)28(45)46/h12-27,30-33,39-44H,3-9,34H2,1-2H3,(H,35,37)(H,36,38)(H,45,46)(H,47,48)(H,49,50,51)(H,52,53,54)(H,55,56,57)/t12-,13-,14-,15-,16-,17-,18+,19+,20-,21+,22-,23-,24+,25+,26-,27-,30+,31-,32-,33-/m1/s1. The number of hydrogen-bond donors (Lipinski definition) is 14. The van der Waals surface area contributed by atoms with E-state index in [1.165, 1.54) is 0 Å². The first kappa shape index (κ1) is 60.4. The topological polar surface area (TPSA) is 545 Å². The monoisotopic (exact) mass is 1100 g/mol. The molecular formula is C33H55N3O32S3. The van der Waals surface area contributed by atoms with Crippen molar-refractivity contribution in [2.45, 2.75) is 156 Å². The molecule has 20 atom stereocenters. The number of aliphatic carboxylic acids is 2. The van der Waals surface area contributed by atoms with Crippen LogP contribution in [0.4, 0.5) is 0 Å². The van der Waals surface area contributed by atoms with Crippen molar-refractivity contribution in [1.29, 1.82) is 0 Å². The number of carbonyl (C=O) groups excluding carboxylic acids is 2. The maximum Gasteiger partial charge on any atom is 0.397 e. The van der Waals surface area contributed by atoms with Crippen molar-refractivity contribution in [1.82, 2.24) is 10.6 Å². The van der Waals surface area contributed by atoms with E-state index in [4.69, 9.17) is 43.6 Å². The molecule has 4 saturated heterocycles. The van der Waals surface area contributed by atoms with E-state index in [9.17, 15) is 98.9 Å². The minimum atomic E-state index is -5.83. The van der Waals surface area contributed by atoms with Gasteiger partial charge < -0.3 is 95.1 Å². The van der Waals surface area contributed by atoms with Crippen LogP contribution in [0.2, 0.25) is 0 Å². The number of carbonyl (C=O) groups is 4. The predicted octanol–water partition coefficient (Wildman–Crippen LogP) is -8.64. The molecule has 0 aromatic carbocycles.